The van der Waals surface area contributed by atoms with Crippen LogP contribution in [-0.2, 0) is 16.0 Å². The van der Waals surface area contributed by atoms with Gasteiger partial charge in [-0.1, -0.05) is 17.7 Å². The first kappa shape index (κ1) is 21.7. The molecule has 8 heteroatoms. The Bertz CT molecular complexity index is 991. The second kappa shape index (κ2) is 9.21. The number of carbonyl (C=O) groups excluding carboxylic acids is 3. The molecule has 2 aromatic carbocycles. The number of ketones is 1. The summed E-state index contributed by atoms with van der Waals surface area (Å²) >= 11 is 1.09. The minimum absolute atomic E-state index is 0.0960. The fourth-order valence-corrected chi connectivity index (χ4v) is 4.32. The average Bonchev–Trinajstić information content (AvgIpc) is 2.83. The number of hydrogen-bond donors (Lipinski definition) is 2. The molecule has 0 saturated carbocycles. The summed E-state index contributed by atoms with van der Waals surface area (Å²) in [5.74, 6) is -0.577. The average molecular weight is 429 g/mol. The van der Waals surface area contributed by atoms with E-state index in [9.17, 15) is 19.5 Å². The van der Waals surface area contributed by atoms with Crippen LogP contribution in [0.4, 0.5) is 0 Å². The minimum Gasteiger partial charge on any atom is -0.507 e. The van der Waals surface area contributed by atoms with Crippen molar-refractivity contribution in [2.45, 2.75) is 25.2 Å². The van der Waals surface area contributed by atoms with E-state index in [-0.39, 0.29) is 42.0 Å². The van der Waals surface area contributed by atoms with Gasteiger partial charge in [-0.2, -0.15) is 0 Å². The van der Waals surface area contributed by atoms with Gasteiger partial charge in [-0.25, -0.2) is 0 Å². The number of carbonyl (C=O) groups is 3. The van der Waals surface area contributed by atoms with Crippen molar-refractivity contribution in [3.05, 3.63) is 53.1 Å². The first-order valence-electron chi connectivity index (χ1n) is 9.52. The number of phenolic OH excluding ortho intramolecular Hbond substituents is 1. The third-order valence-electron chi connectivity index (χ3n) is 4.89. The number of nitrogens with one attached hydrogen (secondary N) is 1. The fraction of sp³-hybridized carbons (Fsp3) is 0.318. The van der Waals surface area contributed by atoms with Gasteiger partial charge in [0.2, 0.25) is 11.8 Å². The molecule has 1 heterocycles. The number of benzene rings is 2. The summed E-state index contributed by atoms with van der Waals surface area (Å²) in [7, 11) is 1.59. The molecule has 1 aliphatic rings. The highest BCUT2D eigenvalue weighted by molar-refractivity contribution is 7.97. The molecule has 2 N–H and O–H groups in total. The van der Waals surface area contributed by atoms with Crippen LogP contribution < -0.4 is 10.1 Å². The molecule has 0 spiro atoms. The fourth-order valence-electron chi connectivity index (χ4n) is 3.34. The van der Waals surface area contributed by atoms with Crippen LogP contribution >= 0.6 is 11.9 Å². The zero-order chi connectivity index (χ0) is 21.8. The summed E-state index contributed by atoms with van der Waals surface area (Å²) in [4.78, 5) is 37.7. The summed E-state index contributed by atoms with van der Waals surface area (Å²) in [6.45, 7) is 3.47. The Morgan fingerprint density at radius 1 is 1.27 bits per heavy atom. The lowest BCUT2D eigenvalue weighted by molar-refractivity contribution is -0.131. The third-order valence-corrected chi connectivity index (χ3v) is 5.89. The highest BCUT2D eigenvalue weighted by atomic mass is 32.2. The molecule has 2 amide bonds. The maximum absolute atomic E-state index is 13.2. The predicted octanol–water partition coefficient (Wildman–Crippen LogP) is 2.74. The van der Waals surface area contributed by atoms with E-state index in [0.717, 1.165) is 23.1 Å². The second-order valence-electron chi connectivity index (χ2n) is 7.22. The van der Waals surface area contributed by atoms with Crippen LogP contribution in [0.3, 0.4) is 0 Å². The van der Waals surface area contributed by atoms with E-state index in [0.29, 0.717) is 17.1 Å². The Hall–Kier alpha value is -3.00. The summed E-state index contributed by atoms with van der Waals surface area (Å²) in [6, 6.07) is 10.3. The minimum atomic E-state index is -0.455. The molecule has 3 rings (SSSR count). The van der Waals surface area contributed by atoms with Crippen LogP contribution in [-0.4, -0.2) is 47.2 Å². The molecular weight excluding hydrogens is 404 g/mol. The molecule has 1 atom stereocenters. The molecule has 2 aromatic rings. The third kappa shape index (κ3) is 4.94. The van der Waals surface area contributed by atoms with E-state index < -0.39 is 5.92 Å². The number of rotatable bonds is 6. The van der Waals surface area contributed by atoms with Crippen LogP contribution in [0.5, 0.6) is 11.5 Å². The molecule has 0 aliphatic carbocycles. The van der Waals surface area contributed by atoms with Gasteiger partial charge in [-0.15, -0.1) is 0 Å². The van der Waals surface area contributed by atoms with Crippen LogP contribution in [0.2, 0.25) is 0 Å². The first-order valence-corrected chi connectivity index (χ1v) is 10.3. The van der Waals surface area contributed by atoms with Gasteiger partial charge in [0.25, 0.3) is 0 Å². The number of Topliss-reactive ketones (excluding diaryl/α,β-unsaturated/α-hetero) is 1. The predicted molar refractivity (Wildman–Crippen MR) is 114 cm³/mol. The lowest BCUT2D eigenvalue weighted by Gasteiger charge is -2.22. The lowest BCUT2D eigenvalue weighted by Crippen LogP contribution is -2.33. The first-order chi connectivity index (χ1) is 14.3. The number of amides is 2. The van der Waals surface area contributed by atoms with E-state index in [4.69, 9.17) is 4.74 Å². The quantitative estimate of drug-likeness (QED) is 0.543. The van der Waals surface area contributed by atoms with E-state index >= 15 is 0 Å². The van der Waals surface area contributed by atoms with Gasteiger partial charge in [-0.05, 0) is 62.0 Å². The molecule has 1 fully saturated rings. The van der Waals surface area contributed by atoms with Gasteiger partial charge in [0.1, 0.15) is 18.0 Å². The Balaban J connectivity index is 1.84. The van der Waals surface area contributed by atoms with Gasteiger partial charge in [0.05, 0.1) is 18.6 Å². The number of methoxy groups -OCH3 is 1. The highest BCUT2D eigenvalue weighted by Gasteiger charge is 2.31. The number of hydrogen-bond acceptors (Lipinski definition) is 6. The number of nitrogens with zero attached hydrogens (tertiary/aromatic N) is 1. The summed E-state index contributed by atoms with van der Waals surface area (Å²) < 4.78 is 6.83. The second-order valence-corrected chi connectivity index (χ2v) is 8.32. The Morgan fingerprint density at radius 3 is 2.73 bits per heavy atom. The van der Waals surface area contributed by atoms with Crippen molar-refractivity contribution in [3.8, 4) is 11.5 Å². The molecule has 0 radical (unpaired) electrons. The van der Waals surface area contributed by atoms with Crippen molar-refractivity contribution in [2.75, 3.05) is 20.2 Å². The van der Waals surface area contributed by atoms with Crippen LogP contribution in [0.15, 0.2) is 41.3 Å². The van der Waals surface area contributed by atoms with Crippen molar-refractivity contribution in [1.82, 2.24) is 9.62 Å². The largest absolute Gasteiger partial charge is 0.507 e. The van der Waals surface area contributed by atoms with Crippen molar-refractivity contribution < 1.29 is 24.2 Å². The molecule has 0 bridgehead atoms. The van der Waals surface area contributed by atoms with Crippen molar-refractivity contribution in [1.29, 1.82) is 0 Å². The van der Waals surface area contributed by atoms with Crippen molar-refractivity contribution in [2.24, 2.45) is 5.92 Å². The molecule has 1 aliphatic heterocycles. The number of aryl methyl sites for hydroxylation is 1. The van der Waals surface area contributed by atoms with E-state index in [1.54, 1.807) is 13.2 Å². The van der Waals surface area contributed by atoms with E-state index in [2.05, 4.69) is 5.32 Å². The molecule has 30 heavy (non-hydrogen) atoms. The van der Waals surface area contributed by atoms with Crippen LogP contribution in [0.1, 0.15) is 28.4 Å². The van der Waals surface area contributed by atoms with Gasteiger partial charge in [-0.3, -0.25) is 18.7 Å². The van der Waals surface area contributed by atoms with Gasteiger partial charge in [0.15, 0.2) is 5.78 Å². The van der Waals surface area contributed by atoms with Gasteiger partial charge in [0, 0.05) is 11.4 Å². The zero-order valence-electron chi connectivity index (χ0n) is 17.1. The van der Waals surface area contributed by atoms with Crippen LogP contribution in [0.25, 0.3) is 0 Å². The Morgan fingerprint density at radius 2 is 2.03 bits per heavy atom. The molecule has 7 nitrogen and oxygen atoms in total. The standard InChI is InChI=1S/C22H24N2O5S/c1-13-4-7-20(29-3)15(8-13)9-16-11-23-21(27)12-24(22(16)28)30-17-5-6-19(26)18(10-17)14(2)25/h4-8,10,16,26H,9,11-12H2,1-3H3,(H,23,27). The number of ether oxygens (including phenoxy) is 1. The zero-order valence-corrected chi connectivity index (χ0v) is 17.9. The summed E-state index contributed by atoms with van der Waals surface area (Å²) in [6.07, 6.45) is 0.426. The molecule has 158 valence electrons. The van der Waals surface area contributed by atoms with E-state index in [1.165, 1.54) is 23.4 Å². The van der Waals surface area contributed by atoms with Crippen LogP contribution in [0, 0.1) is 12.8 Å². The van der Waals surface area contributed by atoms with Crippen molar-refractivity contribution in [3.63, 3.8) is 0 Å². The van der Waals surface area contributed by atoms with Gasteiger partial charge < -0.3 is 15.2 Å². The maximum Gasteiger partial charge on any atom is 0.240 e. The lowest BCUT2D eigenvalue weighted by atomic mass is 9.96. The van der Waals surface area contributed by atoms with Crippen molar-refractivity contribution >= 4 is 29.5 Å². The molecule has 0 aromatic heterocycles. The molecular formula is C22H24N2O5S. The maximum atomic E-state index is 13.2. The normalized spacial score (nSPS) is 16.8. The monoisotopic (exact) mass is 428 g/mol. The number of aromatic hydroxyl groups is 1. The number of phenols is 1. The summed E-state index contributed by atoms with van der Waals surface area (Å²) in [5.41, 5.74) is 2.14. The molecule has 1 unspecified atom stereocenters. The smallest absolute Gasteiger partial charge is 0.240 e. The Kier molecular flexibility index (Phi) is 6.66. The van der Waals surface area contributed by atoms with E-state index in [1.807, 2.05) is 25.1 Å². The Labute approximate surface area is 179 Å². The van der Waals surface area contributed by atoms with Gasteiger partial charge >= 0.3 is 0 Å². The SMILES string of the molecule is COc1ccc(C)cc1CC1CNC(=O)CN(Sc2ccc(O)c(C(C)=O)c2)C1=O. The highest BCUT2D eigenvalue weighted by Crippen LogP contribution is 2.31. The topological polar surface area (TPSA) is 95.9 Å². The summed E-state index contributed by atoms with van der Waals surface area (Å²) in [5, 5.41) is 12.6. The molecule has 1 saturated heterocycles.